The third-order valence-electron chi connectivity index (χ3n) is 4.31. The van der Waals surface area contributed by atoms with Gasteiger partial charge in [0, 0.05) is 36.1 Å². The van der Waals surface area contributed by atoms with Crippen LogP contribution in [0, 0.1) is 0 Å². The third kappa shape index (κ3) is 3.34. The van der Waals surface area contributed by atoms with Crippen LogP contribution < -0.4 is 5.32 Å². The number of aryl methyl sites for hydroxylation is 2. The number of nitrogens with one attached hydrogen (secondary N) is 1. The van der Waals surface area contributed by atoms with Gasteiger partial charge in [-0.1, -0.05) is 13.8 Å². The van der Waals surface area contributed by atoms with Crippen molar-refractivity contribution in [3.8, 4) is 0 Å². The molecular formula is C15H27N3S. The Bertz CT molecular complexity index is 414. The van der Waals surface area contributed by atoms with Gasteiger partial charge in [0.15, 0.2) is 0 Å². The van der Waals surface area contributed by atoms with Gasteiger partial charge in [-0.05, 0) is 38.4 Å². The summed E-state index contributed by atoms with van der Waals surface area (Å²) in [6, 6.07) is 0.701. The fraction of sp³-hybridized carbons (Fsp3) is 0.800. The van der Waals surface area contributed by atoms with Crippen molar-refractivity contribution >= 4 is 11.8 Å². The van der Waals surface area contributed by atoms with Crippen LogP contribution in [0.5, 0.6) is 0 Å². The van der Waals surface area contributed by atoms with Crippen molar-refractivity contribution in [3.63, 3.8) is 0 Å². The van der Waals surface area contributed by atoms with Gasteiger partial charge >= 0.3 is 0 Å². The fourth-order valence-corrected chi connectivity index (χ4v) is 3.98. The van der Waals surface area contributed by atoms with Crippen LogP contribution in [0.1, 0.15) is 50.1 Å². The second-order valence-corrected chi connectivity index (χ2v) is 6.59. The SMILES string of the molecule is CCc1nn(C)c(CC)c1CN[C@@H]1CC[C@H](SC)C1. The second-order valence-electron chi connectivity index (χ2n) is 5.45. The van der Waals surface area contributed by atoms with Crippen molar-refractivity contribution in [1.82, 2.24) is 15.1 Å². The van der Waals surface area contributed by atoms with Crippen molar-refractivity contribution < 1.29 is 0 Å². The first-order valence-corrected chi connectivity index (χ1v) is 8.78. The van der Waals surface area contributed by atoms with Crippen LogP contribution in [0.25, 0.3) is 0 Å². The summed E-state index contributed by atoms with van der Waals surface area (Å²) in [6.45, 7) is 5.41. The highest BCUT2D eigenvalue weighted by atomic mass is 32.2. The van der Waals surface area contributed by atoms with Gasteiger partial charge in [-0.25, -0.2) is 0 Å². The maximum absolute atomic E-state index is 4.65. The predicted molar refractivity (Wildman–Crippen MR) is 83.7 cm³/mol. The van der Waals surface area contributed by atoms with Crippen LogP contribution in [0.3, 0.4) is 0 Å². The Kier molecular flexibility index (Phi) is 5.34. The molecule has 0 bridgehead atoms. The van der Waals surface area contributed by atoms with E-state index in [-0.39, 0.29) is 0 Å². The molecule has 3 nitrogen and oxygen atoms in total. The molecule has 108 valence electrons. The lowest BCUT2D eigenvalue weighted by Gasteiger charge is -2.13. The lowest BCUT2D eigenvalue weighted by Crippen LogP contribution is -2.27. The second kappa shape index (κ2) is 6.80. The zero-order valence-electron chi connectivity index (χ0n) is 12.7. The van der Waals surface area contributed by atoms with Crippen molar-refractivity contribution in [1.29, 1.82) is 0 Å². The molecule has 2 rings (SSSR count). The molecule has 1 aliphatic carbocycles. The molecule has 0 spiro atoms. The first-order chi connectivity index (χ1) is 9.19. The van der Waals surface area contributed by atoms with Gasteiger partial charge < -0.3 is 5.32 Å². The molecule has 0 amide bonds. The molecule has 0 aromatic carbocycles. The minimum atomic E-state index is 0.701. The number of thioether (sulfide) groups is 1. The van der Waals surface area contributed by atoms with Crippen LogP contribution in [0.2, 0.25) is 0 Å². The van der Waals surface area contributed by atoms with E-state index in [1.807, 2.05) is 11.8 Å². The normalized spacial score (nSPS) is 23.2. The van der Waals surface area contributed by atoms with Gasteiger partial charge in [0.1, 0.15) is 0 Å². The van der Waals surface area contributed by atoms with E-state index in [4.69, 9.17) is 0 Å². The van der Waals surface area contributed by atoms with Crippen molar-refractivity contribution in [2.24, 2.45) is 7.05 Å². The summed E-state index contributed by atoms with van der Waals surface area (Å²) in [7, 11) is 2.07. The summed E-state index contributed by atoms with van der Waals surface area (Å²) in [5.74, 6) is 0. The Morgan fingerprint density at radius 2 is 2.11 bits per heavy atom. The largest absolute Gasteiger partial charge is 0.310 e. The van der Waals surface area contributed by atoms with E-state index in [1.54, 1.807) is 0 Å². The van der Waals surface area contributed by atoms with Gasteiger partial charge in [-0.3, -0.25) is 4.68 Å². The zero-order chi connectivity index (χ0) is 13.8. The zero-order valence-corrected chi connectivity index (χ0v) is 13.5. The molecule has 4 heteroatoms. The highest BCUT2D eigenvalue weighted by Crippen LogP contribution is 2.28. The van der Waals surface area contributed by atoms with Crippen LogP contribution in [-0.2, 0) is 26.4 Å². The lowest BCUT2D eigenvalue weighted by atomic mass is 10.1. The van der Waals surface area contributed by atoms with Gasteiger partial charge in [-0.2, -0.15) is 16.9 Å². The summed E-state index contributed by atoms with van der Waals surface area (Å²) in [5, 5.41) is 9.27. The van der Waals surface area contributed by atoms with Gasteiger partial charge in [0.05, 0.1) is 5.69 Å². The minimum Gasteiger partial charge on any atom is -0.310 e. The maximum atomic E-state index is 4.65. The molecule has 1 aliphatic rings. The molecule has 1 saturated carbocycles. The van der Waals surface area contributed by atoms with Crippen LogP contribution >= 0.6 is 11.8 Å². The predicted octanol–water partition coefficient (Wildman–Crippen LogP) is 2.92. The summed E-state index contributed by atoms with van der Waals surface area (Å²) in [6.07, 6.45) is 8.35. The molecule has 2 atom stereocenters. The molecule has 0 unspecified atom stereocenters. The first-order valence-electron chi connectivity index (χ1n) is 7.49. The summed E-state index contributed by atoms with van der Waals surface area (Å²) in [5.41, 5.74) is 4.11. The smallest absolute Gasteiger partial charge is 0.0669 e. The number of hydrogen-bond donors (Lipinski definition) is 1. The van der Waals surface area contributed by atoms with E-state index in [9.17, 15) is 0 Å². The monoisotopic (exact) mass is 281 g/mol. The maximum Gasteiger partial charge on any atom is 0.0669 e. The minimum absolute atomic E-state index is 0.701. The van der Waals surface area contributed by atoms with E-state index >= 15 is 0 Å². The summed E-state index contributed by atoms with van der Waals surface area (Å²) >= 11 is 2.02. The highest BCUT2D eigenvalue weighted by molar-refractivity contribution is 7.99. The average molecular weight is 281 g/mol. The molecule has 1 N–H and O–H groups in total. The average Bonchev–Trinajstić information content (AvgIpc) is 2.99. The molecule has 1 aromatic rings. The Morgan fingerprint density at radius 3 is 2.68 bits per heavy atom. The van der Waals surface area contributed by atoms with Crippen molar-refractivity contribution in [2.45, 2.75) is 63.8 Å². The van der Waals surface area contributed by atoms with Gasteiger partial charge in [0.2, 0.25) is 0 Å². The molecule has 1 heterocycles. The van der Waals surface area contributed by atoms with Gasteiger partial charge in [-0.15, -0.1) is 0 Å². The van der Waals surface area contributed by atoms with Crippen LogP contribution in [0.15, 0.2) is 0 Å². The summed E-state index contributed by atoms with van der Waals surface area (Å²) < 4.78 is 2.06. The molecule has 1 aromatic heterocycles. The van der Waals surface area contributed by atoms with E-state index in [0.717, 1.165) is 24.6 Å². The van der Waals surface area contributed by atoms with E-state index in [1.165, 1.54) is 36.2 Å². The Morgan fingerprint density at radius 1 is 1.32 bits per heavy atom. The molecule has 0 radical (unpaired) electrons. The molecule has 0 aliphatic heterocycles. The highest BCUT2D eigenvalue weighted by Gasteiger charge is 2.24. The van der Waals surface area contributed by atoms with Crippen molar-refractivity contribution in [3.05, 3.63) is 17.0 Å². The van der Waals surface area contributed by atoms with Gasteiger partial charge in [0.25, 0.3) is 0 Å². The summed E-state index contributed by atoms with van der Waals surface area (Å²) in [4.78, 5) is 0. The topological polar surface area (TPSA) is 29.9 Å². The third-order valence-corrected chi connectivity index (χ3v) is 5.41. The van der Waals surface area contributed by atoms with E-state index < -0.39 is 0 Å². The van der Waals surface area contributed by atoms with Crippen LogP contribution in [-0.4, -0.2) is 27.3 Å². The van der Waals surface area contributed by atoms with E-state index in [0.29, 0.717) is 6.04 Å². The Balaban J connectivity index is 1.99. The van der Waals surface area contributed by atoms with E-state index in [2.05, 4.69) is 42.2 Å². The lowest BCUT2D eigenvalue weighted by molar-refractivity contribution is 0.522. The number of nitrogens with zero attached hydrogens (tertiary/aromatic N) is 2. The Hall–Kier alpha value is -0.480. The quantitative estimate of drug-likeness (QED) is 0.869. The standard InChI is InChI=1S/C15H27N3S/c1-5-14-13(15(6-2)18(3)17-14)10-16-11-7-8-12(9-11)19-4/h11-12,16H,5-10H2,1-4H3/t11-,12+/m1/s1. The molecule has 0 saturated heterocycles. The van der Waals surface area contributed by atoms with Crippen molar-refractivity contribution in [2.75, 3.05) is 6.26 Å². The number of aromatic nitrogens is 2. The Labute approximate surface area is 121 Å². The number of rotatable bonds is 6. The molecule has 1 fully saturated rings. The number of hydrogen-bond acceptors (Lipinski definition) is 3. The molecule has 19 heavy (non-hydrogen) atoms. The van der Waals surface area contributed by atoms with Crippen LogP contribution in [0.4, 0.5) is 0 Å². The molecular weight excluding hydrogens is 254 g/mol. The fourth-order valence-electron chi connectivity index (χ4n) is 3.18. The first kappa shape index (κ1) is 14.9.